The number of hydrogen-bond donors (Lipinski definition) is 0. The minimum absolute atomic E-state index is 1.15. The van der Waals surface area contributed by atoms with E-state index in [9.17, 15) is 0 Å². The first-order valence-corrected chi connectivity index (χ1v) is 14.8. The predicted octanol–water partition coefficient (Wildman–Crippen LogP) is 3.44. The van der Waals surface area contributed by atoms with E-state index in [0.717, 1.165) is 26.2 Å². The summed E-state index contributed by atoms with van der Waals surface area (Å²) in [5.41, 5.74) is 0. The van der Waals surface area contributed by atoms with Crippen LogP contribution in [-0.4, -0.2) is 50.8 Å². The fourth-order valence-corrected chi connectivity index (χ4v) is 21.0. The van der Waals surface area contributed by atoms with E-state index in [1.54, 1.807) is 5.19 Å². The molecule has 0 N–H and O–H groups in total. The van der Waals surface area contributed by atoms with Crippen molar-refractivity contribution in [3.05, 3.63) is 30.3 Å². The second-order valence-corrected chi connectivity index (χ2v) is 20.9. The lowest BCUT2D eigenvalue weighted by molar-refractivity contribution is 0.377. The summed E-state index contributed by atoms with van der Waals surface area (Å²) in [7, 11) is -3.22. The highest BCUT2D eigenvalue weighted by atomic mass is 29.3. The Morgan fingerprint density at radius 3 is 1.38 bits per heavy atom. The molecule has 4 heteroatoms. The molecule has 0 heterocycles. The predicted molar refractivity (Wildman–Crippen MR) is 101 cm³/mol. The minimum atomic E-state index is -1.83. The molecule has 0 atom stereocenters. The van der Waals surface area contributed by atoms with Gasteiger partial charge in [0.2, 0.25) is 7.91 Å². The molecule has 0 radical (unpaired) electrons. The van der Waals surface area contributed by atoms with Crippen LogP contribution in [0.3, 0.4) is 0 Å². The van der Waals surface area contributed by atoms with Crippen LogP contribution >= 0.6 is 0 Å². The second-order valence-electron chi connectivity index (χ2n) is 6.63. The molecule has 0 fully saturated rings. The van der Waals surface area contributed by atoms with E-state index in [-0.39, 0.29) is 0 Å². The van der Waals surface area contributed by atoms with Crippen LogP contribution in [-0.2, 0) is 0 Å². The highest BCUT2D eigenvalue weighted by Gasteiger charge is 2.54. The molecule has 2 nitrogen and oxygen atoms in total. The summed E-state index contributed by atoms with van der Waals surface area (Å²) in [6, 6.07) is 11.4. The molecule has 0 saturated heterocycles. The smallest absolute Gasteiger partial charge is 0.223 e. The van der Waals surface area contributed by atoms with Crippen molar-refractivity contribution < 1.29 is 0 Å². The molecule has 0 aliphatic rings. The van der Waals surface area contributed by atoms with Crippen molar-refractivity contribution in [2.75, 3.05) is 26.2 Å². The average Bonchev–Trinajstić information content (AvgIpc) is 2.47. The van der Waals surface area contributed by atoms with Crippen LogP contribution in [0.4, 0.5) is 0 Å². The Morgan fingerprint density at radius 2 is 1.10 bits per heavy atom. The van der Waals surface area contributed by atoms with Gasteiger partial charge >= 0.3 is 0 Å². The van der Waals surface area contributed by atoms with Crippen molar-refractivity contribution in [2.45, 2.75) is 47.3 Å². The van der Waals surface area contributed by atoms with Crippen molar-refractivity contribution in [2.24, 2.45) is 0 Å². The van der Waals surface area contributed by atoms with E-state index in [1.807, 2.05) is 0 Å². The summed E-state index contributed by atoms with van der Waals surface area (Å²) >= 11 is 0. The second kappa shape index (κ2) is 7.72. The molecule has 0 aliphatic carbocycles. The Hall–Kier alpha value is -0.426. The van der Waals surface area contributed by atoms with Gasteiger partial charge in [0.1, 0.15) is 0 Å². The van der Waals surface area contributed by atoms with Crippen molar-refractivity contribution in [3.8, 4) is 0 Å². The molecule has 0 aliphatic heterocycles. The first-order valence-electron chi connectivity index (χ1n) is 8.45. The van der Waals surface area contributed by atoms with E-state index in [1.165, 1.54) is 0 Å². The van der Waals surface area contributed by atoms with Gasteiger partial charge in [0, 0.05) is 0 Å². The van der Waals surface area contributed by atoms with Crippen molar-refractivity contribution >= 4 is 20.7 Å². The van der Waals surface area contributed by atoms with Gasteiger partial charge in [-0.3, -0.25) is 0 Å². The first kappa shape index (κ1) is 18.6. The van der Waals surface area contributed by atoms with Gasteiger partial charge in [-0.25, -0.2) is 0 Å². The lowest BCUT2D eigenvalue weighted by Crippen LogP contribution is -2.83. The number of rotatable bonds is 8. The molecule has 0 aromatic heterocycles. The summed E-state index contributed by atoms with van der Waals surface area (Å²) in [5.74, 6) is 0. The fourth-order valence-electron chi connectivity index (χ4n) is 3.98. The van der Waals surface area contributed by atoms with E-state index in [0.29, 0.717) is 0 Å². The standard InChI is InChI=1S/C17H34N2Si2/c1-8-18(9-2)21(20(5,6)7,19(10-3)11-4)17-15-13-12-14-16-17/h12-16H,8-11H2,1-7H3. The molecule has 1 aromatic rings. The number of nitrogens with zero attached hydrogens (tertiary/aromatic N) is 2. The fraction of sp³-hybridized carbons (Fsp3) is 0.647. The molecule has 0 amide bonds. The lowest BCUT2D eigenvalue weighted by Gasteiger charge is -2.55. The highest BCUT2D eigenvalue weighted by Crippen LogP contribution is 2.27. The molecule has 1 aromatic carbocycles. The molecule has 0 unspecified atom stereocenters. The summed E-state index contributed by atoms with van der Waals surface area (Å²) in [6.45, 7) is 21.6. The third-order valence-electron chi connectivity index (χ3n) is 4.66. The summed E-state index contributed by atoms with van der Waals surface area (Å²) in [4.78, 5) is 0. The van der Waals surface area contributed by atoms with Crippen LogP contribution in [0.15, 0.2) is 30.3 Å². The Bertz CT molecular complexity index is 395. The van der Waals surface area contributed by atoms with Gasteiger partial charge in [0.25, 0.3) is 0 Å². The first-order chi connectivity index (χ1) is 9.89. The van der Waals surface area contributed by atoms with Crippen LogP contribution < -0.4 is 5.19 Å². The number of benzene rings is 1. The zero-order chi connectivity index (χ0) is 16.1. The quantitative estimate of drug-likeness (QED) is 0.677. The molecule has 0 spiro atoms. The summed E-state index contributed by atoms with van der Waals surface area (Å²) in [5, 5.41) is 1.61. The van der Waals surface area contributed by atoms with Crippen LogP contribution in [0.5, 0.6) is 0 Å². The van der Waals surface area contributed by atoms with Crippen molar-refractivity contribution in [1.82, 2.24) is 9.13 Å². The van der Waals surface area contributed by atoms with E-state index < -0.39 is 15.5 Å². The van der Waals surface area contributed by atoms with Crippen LogP contribution in [0.25, 0.3) is 0 Å². The molecule has 1 rings (SSSR count). The summed E-state index contributed by atoms with van der Waals surface area (Å²) < 4.78 is 5.64. The van der Waals surface area contributed by atoms with E-state index in [2.05, 4.69) is 86.8 Å². The molecular formula is C17H34N2Si2. The molecular weight excluding hydrogens is 288 g/mol. The van der Waals surface area contributed by atoms with Gasteiger partial charge < -0.3 is 9.13 Å². The lowest BCUT2D eigenvalue weighted by atomic mass is 10.4. The monoisotopic (exact) mass is 322 g/mol. The zero-order valence-corrected chi connectivity index (χ0v) is 17.1. The molecule has 0 bridgehead atoms. The minimum Gasteiger partial charge on any atom is -0.311 e. The third-order valence-corrected chi connectivity index (χ3v) is 20.0. The molecule has 0 saturated carbocycles. The van der Waals surface area contributed by atoms with Crippen molar-refractivity contribution in [3.63, 3.8) is 0 Å². The Balaban J connectivity index is 3.64. The van der Waals surface area contributed by atoms with Crippen LogP contribution in [0.2, 0.25) is 19.6 Å². The van der Waals surface area contributed by atoms with Gasteiger partial charge in [-0.15, -0.1) is 0 Å². The maximum Gasteiger partial charge on any atom is 0.223 e. The van der Waals surface area contributed by atoms with Gasteiger partial charge in [-0.1, -0.05) is 77.7 Å². The topological polar surface area (TPSA) is 6.48 Å². The van der Waals surface area contributed by atoms with Gasteiger partial charge in [0.05, 0.1) is 7.59 Å². The van der Waals surface area contributed by atoms with E-state index >= 15 is 0 Å². The van der Waals surface area contributed by atoms with E-state index in [4.69, 9.17) is 0 Å². The Kier molecular flexibility index (Phi) is 6.85. The zero-order valence-electron chi connectivity index (χ0n) is 15.1. The van der Waals surface area contributed by atoms with Gasteiger partial charge in [0.15, 0.2) is 0 Å². The highest BCUT2D eigenvalue weighted by molar-refractivity contribution is 7.43. The average molecular weight is 323 g/mol. The SMILES string of the molecule is CCN(CC)[Si](c1ccccc1)(N(CC)CC)[Si](C)(C)C. The normalized spacial score (nSPS) is 13.2. The molecule has 21 heavy (non-hydrogen) atoms. The third kappa shape index (κ3) is 3.34. The molecule has 120 valence electrons. The summed E-state index contributed by atoms with van der Waals surface area (Å²) in [6.07, 6.45) is 0. The largest absolute Gasteiger partial charge is 0.311 e. The Morgan fingerprint density at radius 1 is 0.714 bits per heavy atom. The van der Waals surface area contributed by atoms with Crippen LogP contribution in [0.1, 0.15) is 27.7 Å². The Labute approximate surface area is 134 Å². The maximum atomic E-state index is 2.82. The number of hydrogen-bond acceptors (Lipinski definition) is 2. The van der Waals surface area contributed by atoms with Crippen LogP contribution in [0, 0.1) is 0 Å². The van der Waals surface area contributed by atoms with Gasteiger partial charge in [-0.2, -0.15) is 0 Å². The van der Waals surface area contributed by atoms with Crippen molar-refractivity contribution in [1.29, 1.82) is 0 Å². The maximum absolute atomic E-state index is 2.82. The van der Waals surface area contributed by atoms with Gasteiger partial charge in [-0.05, 0) is 31.4 Å².